The predicted molar refractivity (Wildman–Crippen MR) is 37.4 cm³/mol. The Kier molecular flexibility index (Phi) is 1.63. The lowest BCUT2D eigenvalue weighted by Crippen LogP contribution is -2.46. The van der Waals surface area contributed by atoms with Gasteiger partial charge in [0.25, 0.3) is 0 Å². The molecule has 1 saturated heterocycles. The fourth-order valence-corrected chi connectivity index (χ4v) is 1.44. The van der Waals surface area contributed by atoms with Crippen molar-refractivity contribution in [1.82, 2.24) is 0 Å². The Hall–Kier alpha value is 0.440. The highest BCUT2D eigenvalue weighted by Crippen LogP contribution is 2.32. The van der Waals surface area contributed by atoms with Gasteiger partial charge in [-0.15, -0.1) is 0 Å². The van der Waals surface area contributed by atoms with Gasteiger partial charge >= 0.3 is 0 Å². The third kappa shape index (κ3) is 1.23. The second-order valence-corrected chi connectivity index (χ2v) is 3.51. The van der Waals surface area contributed by atoms with Crippen LogP contribution in [0.3, 0.4) is 0 Å². The molecule has 1 unspecified atom stereocenters. The van der Waals surface area contributed by atoms with Crippen LogP contribution in [-0.4, -0.2) is 17.0 Å². The number of alkyl halides is 1. The van der Waals surface area contributed by atoms with Gasteiger partial charge in [0.15, 0.2) is 0 Å². The van der Waals surface area contributed by atoms with Crippen LogP contribution in [0, 0.1) is 0 Å². The zero-order chi connectivity index (χ0) is 6.20. The SMILES string of the molecule is CC1(C)CC(CBr)O1. The lowest BCUT2D eigenvalue weighted by molar-refractivity contribution is -0.172. The molecule has 0 saturated carbocycles. The van der Waals surface area contributed by atoms with Crippen LogP contribution in [0.25, 0.3) is 0 Å². The van der Waals surface area contributed by atoms with Gasteiger partial charge in [0.1, 0.15) is 0 Å². The third-order valence-corrected chi connectivity index (χ3v) is 2.10. The summed E-state index contributed by atoms with van der Waals surface area (Å²) in [4.78, 5) is 0. The van der Waals surface area contributed by atoms with Gasteiger partial charge in [0.05, 0.1) is 11.7 Å². The molecule has 0 N–H and O–H groups in total. The topological polar surface area (TPSA) is 9.23 Å². The minimum absolute atomic E-state index is 0.165. The minimum atomic E-state index is 0.165. The highest BCUT2D eigenvalue weighted by Gasteiger charge is 2.35. The van der Waals surface area contributed by atoms with Crippen molar-refractivity contribution in [2.75, 3.05) is 5.33 Å². The lowest BCUT2D eigenvalue weighted by atomic mass is 9.94. The fourth-order valence-electron chi connectivity index (χ4n) is 1.08. The van der Waals surface area contributed by atoms with E-state index in [0.29, 0.717) is 6.10 Å². The van der Waals surface area contributed by atoms with E-state index in [-0.39, 0.29) is 5.60 Å². The summed E-state index contributed by atoms with van der Waals surface area (Å²) in [5.41, 5.74) is 0.165. The number of ether oxygens (including phenoxy) is 1. The molecule has 2 heteroatoms. The van der Waals surface area contributed by atoms with E-state index in [9.17, 15) is 0 Å². The zero-order valence-corrected chi connectivity index (χ0v) is 6.86. The molecule has 0 radical (unpaired) electrons. The van der Waals surface area contributed by atoms with Gasteiger partial charge in [0.2, 0.25) is 0 Å². The zero-order valence-electron chi connectivity index (χ0n) is 5.28. The summed E-state index contributed by atoms with van der Waals surface area (Å²) in [5.74, 6) is 0. The first-order valence-corrected chi connectivity index (χ1v) is 4.00. The molecule has 1 fully saturated rings. The fraction of sp³-hybridized carbons (Fsp3) is 1.00. The van der Waals surface area contributed by atoms with Crippen LogP contribution in [0.4, 0.5) is 0 Å². The molecule has 1 rings (SSSR count). The molecule has 1 atom stereocenters. The molecule has 8 heavy (non-hydrogen) atoms. The van der Waals surface area contributed by atoms with Crippen molar-refractivity contribution in [3.8, 4) is 0 Å². The van der Waals surface area contributed by atoms with Gasteiger partial charge in [-0.3, -0.25) is 0 Å². The molecule has 0 aliphatic carbocycles. The van der Waals surface area contributed by atoms with Crippen LogP contribution in [0.15, 0.2) is 0 Å². The smallest absolute Gasteiger partial charge is 0.0706 e. The van der Waals surface area contributed by atoms with E-state index in [0.717, 1.165) is 5.33 Å². The molecule has 48 valence electrons. The van der Waals surface area contributed by atoms with Crippen LogP contribution < -0.4 is 0 Å². The molecule has 0 amide bonds. The van der Waals surface area contributed by atoms with Crippen LogP contribution in [-0.2, 0) is 4.74 Å². The Labute approximate surface area is 58.5 Å². The van der Waals surface area contributed by atoms with E-state index >= 15 is 0 Å². The average Bonchev–Trinajstić information content (AvgIpc) is 1.60. The number of halogens is 1. The Morgan fingerprint density at radius 3 is 2.38 bits per heavy atom. The average molecular weight is 179 g/mol. The largest absolute Gasteiger partial charge is 0.371 e. The van der Waals surface area contributed by atoms with Gasteiger partial charge in [-0.05, 0) is 13.8 Å². The summed E-state index contributed by atoms with van der Waals surface area (Å²) < 4.78 is 5.43. The monoisotopic (exact) mass is 178 g/mol. The molecule has 0 spiro atoms. The number of hydrogen-bond acceptors (Lipinski definition) is 1. The van der Waals surface area contributed by atoms with Crippen molar-refractivity contribution in [3.05, 3.63) is 0 Å². The minimum Gasteiger partial charge on any atom is -0.371 e. The standard InChI is InChI=1S/C6H11BrO/c1-6(2)3-5(4-7)8-6/h5H,3-4H2,1-2H3. The normalized spacial score (nSPS) is 34.1. The van der Waals surface area contributed by atoms with E-state index in [1.807, 2.05) is 0 Å². The summed E-state index contributed by atoms with van der Waals surface area (Å²) in [6.07, 6.45) is 1.67. The number of rotatable bonds is 1. The summed E-state index contributed by atoms with van der Waals surface area (Å²) in [7, 11) is 0. The quantitative estimate of drug-likeness (QED) is 0.559. The predicted octanol–water partition coefficient (Wildman–Crippen LogP) is 1.95. The van der Waals surface area contributed by atoms with E-state index in [2.05, 4.69) is 29.8 Å². The summed E-state index contributed by atoms with van der Waals surface area (Å²) in [6.45, 7) is 4.23. The summed E-state index contributed by atoms with van der Waals surface area (Å²) in [6, 6.07) is 0. The van der Waals surface area contributed by atoms with Crippen LogP contribution in [0.1, 0.15) is 20.3 Å². The molecule has 1 nitrogen and oxygen atoms in total. The molecule has 1 aliphatic rings. The van der Waals surface area contributed by atoms with E-state index in [1.165, 1.54) is 6.42 Å². The molecular formula is C6H11BrO. The molecule has 1 aliphatic heterocycles. The summed E-state index contributed by atoms with van der Waals surface area (Å²) >= 11 is 3.35. The second-order valence-electron chi connectivity index (χ2n) is 2.86. The first-order valence-electron chi connectivity index (χ1n) is 2.88. The van der Waals surface area contributed by atoms with Gasteiger partial charge in [0, 0.05) is 11.8 Å². The van der Waals surface area contributed by atoms with Crippen molar-refractivity contribution in [3.63, 3.8) is 0 Å². The molecule has 0 aromatic carbocycles. The van der Waals surface area contributed by atoms with Gasteiger partial charge in [-0.25, -0.2) is 0 Å². The van der Waals surface area contributed by atoms with E-state index in [1.54, 1.807) is 0 Å². The van der Waals surface area contributed by atoms with E-state index in [4.69, 9.17) is 4.74 Å². The third-order valence-electron chi connectivity index (χ3n) is 1.38. The molecule has 0 bridgehead atoms. The molecule has 0 aromatic heterocycles. The van der Waals surface area contributed by atoms with Crippen molar-refractivity contribution < 1.29 is 4.74 Å². The maximum absolute atomic E-state index is 5.43. The Morgan fingerprint density at radius 2 is 2.25 bits per heavy atom. The first-order chi connectivity index (χ1) is 3.64. The highest BCUT2D eigenvalue weighted by atomic mass is 79.9. The maximum atomic E-state index is 5.43. The van der Waals surface area contributed by atoms with Crippen molar-refractivity contribution in [1.29, 1.82) is 0 Å². The Balaban J connectivity index is 2.21. The lowest BCUT2D eigenvalue weighted by Gasteiger charge is -2.42. The van der Waals surface area contributed by atoms with Crippen LogP contribution >= 0.6 is 15.9 Å². The Bertz CT molecular complexity index is 82.5. The number of hydrogen-bond donors (Lipinski definition) is 0. The van der Waals surface area contributed by atoms with Crippen molar-refractivity contribution in [2.24, 2.45) is 0 Å². The second kappa shape index (κ2) is 1.99. The van der Waals surface area contributed by atoms with Crippen LogP contribution in [0.5, 0.6) is 0 Å². The molecule has 0 aromatic rings. The van der Waals surface area contributed by atoms with E-state index < -0.39 is 0 Å². The van der Waals surface area contributed by atoms with Crippen molar-refractivity contribution in [2.45, 2.75) is 32.0 Å². The molecular weight excluding hydrogens is 168 g/mol. The van der Waals surface area contributed by atoms with Gasteiger partial charge in [-0.1, -0.05) is 15.9 Å². The summed E-state index contributed by atoms with van der Waals surface area (Å²) in [5, 5.41) is 0.983. The van der Waals surface area contributed by atoms with Crippen LogP contribution in [0.2, 0.25) is 0 Å². The first kappa shape index (κ1) is 6.56. The van der Waals surface area contributed by atoms with Gasteiger partial charge < -0.3 is 4.74 Å². The molecule has 1 heterocycles. The van der Waals surface area contributed by atoms with Gasteiger partial charge in [-0.2, -0.15) is 0 Å². The van der Waals surface area contributed by atoms with Crippen molar-refractivity contribution >= 4 is 15.9 Å². The maximum Gasteiger partial charge on any atom is 0.0706 e. The highest BCUT2D eigenvalue weighted by molar-refractivity contribution is 9.09. The Morgan fingerprint density at radius 1 is 1.75 bits per heavy atom.